The zero-order valence-corrected chi connectivity index (χ0v) is 12.5. The topological polar surface area (TPSA) is 95.0 Å². The lowest BCUT2D eigenvalue weighted by atomic mass is 10.2. The first kappa shape index (κ1) is 15.5. The monoisotopic (exact) mass is 312 g/mol. The van der Waals surface area contributed by atoms with E-state index in [4.69, 9.17) is 5.11 Å². The van der Waals surface area contributed by atoms with E-state index < -0.39 is 22.0 Å². The van der Waals surface area contributed by atoms with Crippen LogP contribution in [0.1, 0.15) is 17.3 Å². The Morgan fingerprint density at radius 1 is 1.24 bits per heavy atom. The van der Waals surface area contributed by atoms with E-state index in [2.05, 4.69) is 0 Å². The van der Waals surface area contributed by atoms with Gasteiger partial charge < -0.3 is 10.0 Å². The fraction of sp³-hybridized carbons (Fsp3) is 0.385. The predicted molar refractivity (Wildman–Crippen MR) is 74.4 cm³/mol. The van der Waals surface area contributed by atoms with E-state index in [0.717, 1.165) is 4.31 Å². The lowest BCUT2D eigenvalue weighted by Crippen LogP contribution is -2.56. The molecule has 1 aliphatic rings. The molecule has 114 valence electrons. The molecule has 0 aliphatic carbocycles. The van der Waals surface area contributed by atoms with Crippen LogP contribution in [-0.2, 0) is 14.8 Å². The molecule has 1 saturated heterocycles. The largest absolute Gasteiger partial charge is 0.478 e. The normalized spacial score (nSPS) is 20.6. The maximum absolute atomic E-state index is 12.5. The number of amides is 1. The molecule has 7 nitrogen and oxygen atoms in total. The first-order chi connectivity index (χ1) is 9.75. The summed E-state index contributed by atoms with van der Waals surface area (Å²) in [6.45, 7) is 2.09. The van der Waals surface area contributed by atoms with Crippen LogP contribution in [0.25, 0.3) is 0 Å². The summed E-state index contributed by atoms with van der Waals surface area (Å²) in [6, 6.07) is 4.19. The van der Waals surface area contributed by atoms with Gasteiger partial charge in [0.1, 0.15) is 6.04 Å². The molecular formula is C13H16N2O5S. The summed E-state index contributed by atoms with van der Waals surface area (Å²) in [4.78, 5) is 24.2. The number of carbonyl (C=O) groups excluding carboxylic acids is 1. The molecule has 0 saturated carbocycles. The Kier molecular flexibility index (Phi) is 4.02. The molecule has 1 amide bonds. The number of sulfonamides is 1. The number of carboxylic acid groups (broad SMARTS) is 1. The lowest BCUT2D eigenvalue weighted by Gasteiger charge is -2.36. The zero-order chi connectivity index (χ0) is 15.8. The molecule has 21 heavy (non-hydrogen) atoms. The van der Waals surface area contributed by atoms with Gasteiger partial charge in [-0.3, -0.25) is 4.79 Å². The summed E-state index contributed by atoms with van der Waals surface area (Å²) in [5.74, 6) is -1.38. The standard InChI is InChI=1S/C13H16N2O5S/c1-9-12(16)14(2)7-8-15(9)21(19,20)11-5-3-10(4-6-11)13(17)18/h3-6,9H,7-8H2,1-2H3,(H,17,18). The number of piperazine rings is 1. The molecule has 0 bridgehead atoms. The Hall–Kier alpha value is -1.93. The van der Waals surface area contributed by atoms with Crippen molar-refractivity contribution in [3.63, 3.8) is 0 Å². The van der Waals surface area contributed by atoms with E-state index in [0.29, 0.717) is 6.54 Å². The quantitative estimate of drug-likeness (QED) is 0.862. The number of benzene rings is 1. The van der Waals surface area contributed by atoms with E-state index in [9.17, 15) is 18.0 Å². The van der Waals surface area contributed by atoms with Crippen molar-refractivity contribution in [2.24, 2.45) is 0 Å². The third-order valence-corrected chi connectivity index (χ3v) is 5.51. The second-order valence-electron chi connectivity index (χ2n) is 4.88. The predicted octanol–water partition coefficient (Wildman–Crippen LogP) is 0.236. The van der Waals surface area contributed by atoms with Crippen LogP contribution in [0, 0.1) is 0 Å². The zero-order valence-electron chi connectivity index (χ0n) is 11.7. The molecule has 1 aromatic carbocycles. The van der Waals surface area contributed by atoms with E-state index in [1.165, 1.54) is 29.2 Å². The summed E-state index contributed by atoms with van der Waals surface area (Å²) in [5, 5.41) is 8.82. The molecule has 0 radical (unpaired) electrons. The Morgan fingerprint density at radius 3 is 2.33 bits per heavy atom. The van der Waals surface area contributed by atoms with Crippen molar-refractivity contribution in [3.05, 3.63) is 29.8 Å². The summed E-state index contributed by atoms with van der Waals surface area (Å²) in [6.07, 6.45) is 0. The molecular weight excluding hydrogens is 296 g/mol. The third kappa shape index (κ3) is 2.77. The number of hydrogen-bond acceptors (Lipinski definition) is 4. The molecule has 2 rings (SSSR count). The molecule has 1 unspecified atom stereocenters. The molecule has 1 fully saturated rings. The van der Waals surface area contributed by atoms with E-state index in [-0.39, 0.29) is 22.9 Å². The highest BCUT2D eigenvalue weighted by atomic mass is 32.2. The van der Waals surface area contributed by atoms with Crippen LogP contribution in [0.2, 0.25) is 0 Å². The second kappa shape index (κ2) is 5.45. The van der Waals surface area contributed by atoms with Crippen LogP contribution >= 0.6 is 0 Å². The number of aromatic carboxylic acids is 1. The maximum atomic E-state index is 12.5. The van der Waals surface area contributed by atoms with Gasteiger partial charge in [-0.15, -0.1) is 0 Å². The van der Waals surface area contributed by atoms with Crippen molar-refractivity contribution in [2.45, 2.75) is 17.9 Å². The minimum atomic E-state index is -3.82. The molecule has 8 heteroatoms. The summed E-state index contributed by atoms with van der Waals surface area (Å²) >= 11 is 0. The van der Waals surface area contributed by atoms with E-state index in [1.54, 1.807) is 14.0 Å². The van der Waals surface area contributed by atoms with Gasteiger partial charge in [0.25, 0.3) is 0 Å². The van der Waals surface area contributed by atoms with Gasteiger partial charge in [0.2, 0.25) is 15.9 Å². The van der Waals surface area contributed by atoms with Gasteiger partial charge in [0.15, 0.2) is 0 Å². The molecule has 1 aromatic rings. The van der Waals surface area contributed by atoms with Crippen LogP contribution in [-0.4, -0.2) is 60.8 Å². The fourth-order valence-corrected chi connectivity index (χ4v) is 3.81. The van der Waals surface area contributed by atoms with Crippen LogP contribution in [0.3, 0.4) is 0 Å². The Morgan fingerprint density at radius 2 is 1.81 bits per heavy atom. The van der Waals surface area contributed by atoms with Crippen LogP contribution in [0.4, 0.5) is 0 Å². The fourth-order valence-electron chi connectivity index (χ4n) is 2.23. The molecule has 1 N–H and O–H groups in total. The second-order valence-corrected chi connectivity index (χ2v) is 6.77. The van der Waals surface area contributed by atoms with Crippen LogP contribution in [0.5, 0.6) is 0 Å². The van der Waals surface area contributed by atoms with Crippen LogP contribution < -0.4 is 0 Å². The summed E-state index contributed by atoms with van der Waals surface area (Å²) in [7, 11) is -2.19. The van der Waals surface area contributed by atoms with E-state index in [1.807, 2.05) is 0 Å². The highest BCUT2D eigenvalue weighted by molar-refractivity contribution is 7.89. The number of hydrogen-bond donors (Lipinski definition) is 1. The maximum Gasteiger partial charge on any atom is 0.335 e. The van der Waals surface area contributed by atoms with E-state index >= 15 is 0 Å². The molecule has 0 aromatic heterocycles. The van der Waals surface area contributed by atoms with Gasteiger partial charge >= 0.3 is 5.97 Å². The van der Waals surface area contributed by atoms with Gasteiger partial charge in [-0.25, -0.2) is 13.2 Å². The summed E-state index contributed by atoms with van der Waals surface area (Å²) in [5.41, 5.74) is 0.0106. The van der Waals surface area contributed by atoms with Crippen molar-refractivity contribution in [3.8, 4) is 0 Å². The van der Waals surface area contributed by atoms with Gasteiger partial charge in [0.05, 0.1) is 10.5 Å². The average Bonchev–Trinajstić information content (AvgIpc) is 2.44. The van der Waals surface area contributed by atoms with Crippen LogP contribution in [0.15, 0.2) is 29.2 Å². The number of carboxylic acids is 1. The Bertz CT molecular complexity index is 668. The first-order valence-corrected chi connectivity index (χ1v) is 7.79. The Balaban J connectivity index is 2.33. The molecule has 1 aliphatic heterocycles. The third-order valence-electron chi connectivity index (χ3n) is 3.53. The van der Waals surface area contributed by atoms with Gasteiger partial charge in [-0.05, 0) is 31.2 Å². The number of nitrogens with zero attached hydrogens (tertiary/aromatic N) is 2. The van der Waals surface area contributed by atoms with Crippen molar-refractivity contribution in [2.75, 3.05) is 20.1 Å². The van der Waals surface area contributed by atoms with Gasteiger partial charge in [-0.1, -0.05) is 0 Å². The molecule has 1 atom stereocenters. The molecule has 0 spiro atoms. The smallest absolute Gasteiger partial charge is 0.335 e. The minimum absolute atomic E-state index is 0.0106. The average molecular weight is 312 g/mol. The van der Waals surface area contributed by atoms with Crippen molar-refractivity contribution >= 4 is 21.9 Å². The number of rotatable bonds is 3. The highest BCUT2D eigenvalue weighted by Crippen LogP contribution is 2.22. The van der Waals surface area contributed by atoms with Crippen molar-refractivity contribution < 1.29 is 23.1 Å². The van der Waals surface area contributed by atoms with Gasteiger partial charge in [0, 0.05) is 20.1 Å². The van der Waals surface area contributed by atoms with Gasteiger partial charge in [-0.2, -0.15) is 4.31 Å². The summed E-state index contributed by atoms with van der Waals surface area (Å²) < 4.78 is 26.2. The minimum Gasteiger partial charge on any atom is -0.478 e. The highest BCUT2D eigenvalue weighted by Gasteiger charge is 2.37. The number of carbonyl (C=O) groups is 2. The van der Waals surface area contributed by atoms with Crippen molar-refractivity contribution in [1.29, 1.82) is 0 Å². The first-order valence-electron chi connectivity index (χ1n) is 6.35. The number of likely N-dealkylation sites (N-methyl/N-ethyl adjacent to an activating group) is 1. The van der Waals surface area contributed by atoms with Crippen molar-refractivity contribution in [1.82, 2.24) is 9.21 Å². The molecule has 1 heterocycles. The lowest BCUT2D eigenvalue weighted by molar-refractivity contribution is -0.136. The Labute approximate surface area is 122 Å². The SMILES string of the molecule is CC1C(=O)N(C)CCN1S(=O)(=O)c1ccc(C(=O)O)cc1.